The standard InChI is InChI=1S/C37H69O10P/c1-3-5-7-9-11-13-15-17-19-20-22-24-26-28-36(40)44-32-35(33-46-48(42,43)45-31-34(39)30-38)47-37(41)29-27-25-23-21-18-16-14-12-10-8-6-4-2/h12,14,17,19,34-35,38-39H,3-11,13,15-16,18,20-33H2,1-2H3,(H,42,43)/b14-12+,19-17+/t34-,35+/m0/s1. The van der Waals surface area contributed by atoms with Crippen LogP contribution >= 0.6 is 7.82 Å². The Morgan fingerprint density at radius 3 is 1.56 bits per heavy atom. The van der Waals surface area contributed by atoms with E-state index in [2.05, 4.69) is 42.7 Å². The van der Waals surface area contributed by atoms with E-state index < -0.39 is 51.8 Å². The number of phosphoric acid groups is 1. The van der Waals surface area contributed by atoms with Crippen LogP contribution in [0.5, 0.6) is 0 Å². The van der Waals surface area contributed by atoms with Crippen LogP contribution in [-0.4, -0.2) is 65.7 Å². The van der Waals surface area contributed by atoms with Gasteiger partial charge >= 0.3 is 19.8 Å². The average Bonchev–Trinajstić information content (AvgIpc) is 3.07. The molecule has 0 fully saturated rings. The molecular weight excluding hydrogens is 635 g/mol. The van der Waals surface area contributed by atoms with Crippen LogP contribution < -0.4 is 0 Å². The van der Waals surface area contributed by atoms with Crippen molar-refractivity contribution in [1.29, 1.82) is 0 Å². The van der Waals surface area contributed by atoms with E-state index in [4.69, 9.17) is 19.1 Å². The van der Waals surface area contributed by atoms with Crippen LogP contribution in [0.15, 0.2) is 24.3 Å². The molecule has 0 aliphatic carbocycles. The smallest absolute Gasteiger partial charge is 0.462 e. The van der Waals surface area contributed by atoms with Gasteiger partial charge in [0.1, 0.15) is 12.7 Å². The maximum absolute atomic E-state index is 12.5. The van der Waals surface area contributed by atoms with Gasteiger partial charge in [-0.05, 0) is 64.2 Å². The molecule has 0 aromatic heterocycles. The molecule has 48 heavy (non-hydrogen) atoms. The topological polar surface area (TPSA) is 149 Å². The monoisotopic (exact) mass is 704 g/mol. The predicted molar refractivity (Wildman–Crippen MR) is 191 cm³/mol. The van der Waals surface area contributed by atoms with E-state index in [-0.39, 0.29) is 19.4 Å². The van der Waals surface area contributed by atoms with E-state index in [1.807, 2.05) is 0 Å². The Kier molecular flexibility index (Phi) is 32.8. The molecule has 10 nitrogen and oxygen atoms in total. The van der Waals surface area contributed by atoms with Gasteiger partial charge in [0.05, 0.1) is 19.8 Å². The van der Waals surface area contributed by atoms with Crippen LogP contribution in [0, 0.1) is 0 Å². The molecule has 0 aromatic rings. The Morgan fingerprint density at radius 2 is 1.02 bits per heavy atom. The molecule has 0 saturated heterocycles. The molecule has 282 valence electrons. The van der Waals surface area contributed by atoms with Gasteiger partial charge in [0.2, 0.25) is 0 Å². The maximum Gasteiger partial charge on any atom is 0.472 e. The summed E-state index contributed by atoms with van der Waals surface area (Å²) in [5.74, 6) is -0.955. The fourth-order valence-electron chi connectivity index (χ4n) is 4.86. The van der Waals surface area contributed by atoms with Crippen molar-refractivity contribution in [3.63, 3.8) is 0 Å². The first-order chi connectivity index (χ1) is 23.2. The van der Waals surface area contributed by atoms with E-state index in [0.29, 0.717) is 12.8 Å². The van der Waals surface area contributed by atoms with Crippen molar-refractivity contribution in [3.05, 3.63) is 24.3 Å². The van der Waals surface area contributed by atoms with Gasteiger partial charge in [-0.25, -0.2) is 4.57 Å². The van der Waals surface area contributed by atoms with Gasteiger partial charge in [0.25, 0.3) is 0 Å². The van der Waals surface area contributed by atoms with E-state index >= 15 is 0 Å². The van der Waals surface area contributed by atoms with Crippen LogP contribution in [0.25, 0.3) is 0 Å². The normalized spacial score (nSPS) is 14.4. The number of hydrogen-bond acceptors (Lipinski definition) is 9. The van der Waals surface area contributed by atoms with Crippen molar-refractivity contribution in [2.45, 2.75) is 174 Å². The molecule has 11 heteroatoms. The Balaban J connectivity index is 4.42. The number of aliphatic hydroxyl groups is 2. The minimum Gasteiger partial charge on any atom is -0.462 e. The lowest BCUT2D eigenvalue weighted by Crippen LogP contribution is -2.29. The number of rotatable bonds is 35. The van der Waals surface area contributed by atoms with Gasteiger partial charge < -0.3 is 24.6 Å². The summed E-state index contributed by atoms with van der Waals surface area (Å²) in [6, 6.07) is 0. The van der Waals surface area contributed by atoms with Gasteiger partial charge in [0, 0.05) is 12.8 Å². The summed E-state index contributed by atoms with van der Waals surface area (Å²) in [6.45, 7) is 2.30. The van der Waals surface area contributed by atoms with Gasteiger partial charge in [-0.15, -0.1) is 0 Å². The van der Waals surface area contributed by atoms with Gasteiger partial charge in [-0.2, -0.15) is 0 Å². The van der Waals surface area contributed by atoms with Crippen LogP contribution in [0.2, 0.25) is 0 Å². The van der Waals surface area contributed by atoms with Crippen molar-refractivity contribution in [1.82, 2.24) is 0 Å². The summed E-state index contributed by atoms with van der Waals surface area (Å²) in [4.78, 5) is 34.7. The molecule has 3 atom stereocenters. The van der Waals surface area contributed by atoms with Crippen molar-refractivity contribution in [3.8, 4) is 0 Å². The number of carbonyl (C=O) groups is 2. The summed E-state index contributed by atoms with van der Waals surface area (Å²) in [5, 5.41) is 18.2. The van der Waals surface area contributed by atoms with Crippen LogP contribution in [0.3, 0.4) is 0 Å². The second kappa shape index (κ2) is 33.9. The Labute approximate surface area is 291 Å². The molecule has 1 unspecified atom stereocenters. The van der Waals surface area contributed by atoms with E-state index in [1.54, 1.807) is 0 Å². The fourth-order valence-corrected chi connectivity index (χ4v) is 5.65. The lowest BCUT2D eigenvalue weighted by Gasteiger charge is -2.20. The van der Waals surface area contributed by atoms with Gasteiger partial charge in [0.15, 0.2) is 6.10 Å². The first-order valence-electron chi connectivity index (χ1n) is 18.8. The lowest BCUT2D eigenvalue weighted by atomic mass is 10.1. The molecule has 0 heterocycles. The quantitative estimate of drug-likeness (QED) is 0.0252. The largest absolute Gasteiger partial charge is 0.472 e. The number of allylic oxidation sites excluding steroid dienone is 4. The van der Waals surface area contributed by atoms with Crippen LogP contribution in [0.4, 0.5) is 0 Å². The third kappa shape index (κ3) is 33.0. The molecule has 0 radical (unpaired) electrons. The molecule has 0 aliphatic heterocycles. The Morgan fingerprint density at radius 1 is 0.604 bits per heavy atom. The highest BCUT2D eigenvalue weighted by atomic mass is 31.2. The molecular formula is C37H69O10P. The van der Waals surface area contributed by atoms with Gasteiger partial charge in [-0.3, -0.25) is 18.6 Å². The second-order valence-corrected chi connectivity index (χ2v) is 14.0. The number of hydrogen-bond donors (Lipinski definition) is 3. The summed E-state index contributed by atoms with van der Waals surface area (Å²) in [6.07, 6.45) is 30.1. The minimum absolute atomic E-state index is 0.172. The molecule has 0 spiro atoms. The van der Waals surface area contributed by atoms with Crippen LogP contribution in [0.1, 0.15) is 162 Å². The second-order valence-electron chi connectivity index (χ2n) is 12.6. The number of unbranched alkanes of at least 4 members (excludes halogenated alkanes) is 17. The zero-order valence-corrected chi connectivity index (χ0v) is 31.1. The summed E-state index contributed by atoms with van der Waals surface area (Å²) in [5.41, 5.74) is 0. The van der Waals surface area contributed by atoms with Gasteiger partial charge in [-0.1, -0.05) is 109 Å². The average molecular weight is 705 g/mol. The zero-order valence-electron chi connectivity index (χ0n) is 30.2. The number of ether oxygens (including phenoxy) is 2. The Bertz CT molecular complexity index is 863. The Hall–Kier alpha value is -1.55. The van der Waals surface area contributed by atoms with E-state index in [0.717, 1.165) is 64.2 Å². The van der Waals surface area contributed by atoms with Crippen LogP contribution in [-0.2, 0) is 32.7 Å². The highest BCUT2D eigenvalue weighted by Gasteiger charge is 2.27. The lowest BCUT2D eigenvalue weighted by molar-refractivity contribution is -0.161. The number of phosphoric ester groups is 1. The van der Waals surface area contributed by atoms with Crippen molar-refractivity contribution in [2.24, 2.45) is 0 Å². The first kappa shape index (κ1) is 46.5. The van der Waals surface area contributed by atoms with Crippen molar-refractivity contribution >= 4 is 19.8 Å². The summed E-state index contributed by atoms with van der Waals surface area (Å²) in [7, 11) is -4.61. The maximum atomic E-state index is 12.5. The molecule has 0 amide bonds. The van der Waals surface area contributed by atoms with Crippen molar-refractivity contribution in [2.75, 3.05) is 26.4 Å². The van der Waals surface area contributed by atoms with Crippen molar-refractivity contribution < 1.29 is 47.8 Å². The first-order valence-corrected chi connectivity index (χ1v) is 20.3. The summed E-state index contributed by atoms with van der Waals surface area (Å²) < 4.78 is 32.5. The zero-order chi connectivity index (χ0) is 35.6. The highest BCUT2D eigenvalue weighted by Crippen LogP contribution is 2.43. The third-order valence-corrected chi connectivity index (χ3v) is 8.78. The molecule has 3 N–H and O–H groups in total. The summed E-state index contributed by atoms with van der Waals surface area (Å²) >= 11 is 0. The predicted octanol–water partition coefficient (Wildman–Crippen LogP) is 9.05. The molecule has 0 aliphatic rings. The molecule has 0 bridgehead atoms. The third-order valence-electron chi connectivity index (χ3n) is 7.83. The van der Waals surface area contributed by atoms with E-state index in [9.17, 15) is 24.2 Å². The molecule has 0 saturated carbocycles. The van der Waals surface area contributed by atoms with E-state index in [1.165, 1.54) is 57.8 Å². The number of aliphatic hydroxyl groups excluding tert-OH is 2. The molecule has 0 rings (SSSR count). The number of carbonyl (C=O) groups excluding carboxylic acids is 2. The number of esters is 2. The fraction of sp³-hybridized carbons (Fsp3) is 0.838. The minimum atomic E-state index is -4.61. The highest BCUT2D eigenvalue weighted by molar-refractivity contribution is 7.47. The molecule has 0 aromatic carbocycles. The SMILES string of the molecule is CCCCC/C=C/CCCCCCCC(=O)O[C@H](COC(=O)CCCCC/C=C/CCCCCCCC)COP(=O)(O)OC[C@@H](O)CO.